The third kappa shape index (κ3) is 4.49. The molecule has 0 fully saturated rings. The predicted octanol–water partition coefficient (Wildman–Crippen LogP) is 2.84. The third-order valence-corrected chi connectivity index (χ3v) is 3.12. The monoisotopic (exact) mass is 235 g/mol. The number of aliphatic hydroxyl groups is 1. The van der Waals surface area contributed by atoms with E-state index in [-0.39, 0.29) is 0 Å². The summed E-state index contributed by atoms with van der Waals surface area (Å²) in [6, 6.07) is 8.71. The van der Waals surface area contributed by atoms with Crippen molar-refractivity contribution in [2.75, 3.05) is 6.54 Å². The topological polar surface area (TPSA) is 32.3 Å². The lowest BCUT2D eigenvalue weighted by Crippen LogP contribution is -2.31. The fraction of sp³-hybridized carbons (Fsp3) is 0.600. The second-order valence-electron chi connectivity index (χ2n) is 5.19. The first kappa shape index (κ1) is 14.2. The minimum Gasteiger partial charge on any atom is -0.385 e. The van der Waals surface area contributed by atoms with Crippen molar-refractivity contribution in [3.05, 3.63) is 35.4 Å². The molecule has 0 heterocycles. The van der Waals surface area contributed by atoms with E-state index in [2.05, 4.69) is 38.2 Å². The smallest absolute Gasteiger partial charge is 0.0880 e. The lowest BCUT2D eigenvalue weighted by molar-refractivity contribution is 0.0475. The number of hydrogen-bond acceptors (Lipinski definition) is 2. The van der Waals surface area contributed by atoms with Crippen molar-refractivity contribution in [2.45, 2.75) is 52.2 Å². The van der Waals surface area contributed by atoms with Crippen molar-refractivity contribution >= 4 is 0 Å². The first-order valence-corrected chi connectivity index (χ1v) is 6.51. The Hall–Kier alpha value is -0.860. The molecule has 0 bridgehead atoms. The average Bonchev–Trinajstić information content (AvgIpc) is 2.28. The van der Waals surface area contributed by atoms with Crippen LogP contribution in [-0.2, 0) is 12.0 Å². The molecule has 1 atom stereocenters. The molecule has 96 valence electrons. The van der Waals surface area contributed by atoms with Gasteiger partial charge < -0.3 is 10.4 Å². The fourth-order valence-corrected chi connectivity index (χ4v) is 1.87. The van der Waals surface area contributed by atoms with Gasteiger partial charge in [-0.1, -0.05) is 45.0 Å². The molecule has 1 unspecified atom stereocenters. The zero-order valence-electron chi connectivity index (χ0n) is 11.5. The van der Waals surface area contributed by atoms with E-state index in [1.807, 2.05) is 19.1 Å². The Kier molecular flexibility index (Phi) is 5.16. The highest BCUT2D eigenvalue weighted by Crippen LogP contribution is 2.24. The van der Waals surface area contributed by atoms with Gasteiger partial charge in [0.1, 0.15) is 0 Å². The van der Waals surface area contributed by atoms with Crippen LogP contribution in [0.3, 0.4) is 0 Å². The molecular weight excluding hydrogens is 210 g/mol. The number of aryl methyl sites for hydroxylation is 1. The van der Waals surface area contributed by atoms with E-state index >= 15 is 0 Å². The first-order chi connectivity index (χ1) is 7.95. The summed E-state index contributed by atoms with van der Waals surface area (Å²) in [6.07, 6.45) is 1.74. The van der Waals surface area contributed by atoms with Crippen LogP contribution in [0.15, 0.2) is 24.3 Å². The maximum atomic E-state index is 10.5. The van der Waals surface area contributed by atoms with Gasteiger partial charge in [-0.2, -0.15) is 0 Å². The van der Waals surface area contributed by atoms with E-state index in [9.17, 15) is 5.11 Å². The second-order valence-corrected chi connectivity index (χ2v) is 5.19. The van der Waals surface area contributed by atoms with E-state index in [1.54, 1.807) is 0 Å². The molecule has 0 aromatic heterocycles. The van der Waals surface area contributed by atoms with Crippen LogP contribution >= 0.6 is 0 Å². The molecule has 0 radical (unpaired) electrons. The minimum absolute atomic E-state index is 0.466. The summed E-state index contributed by atoms with van der Waals surface area (Å²) >= 11 is 0. The summed E-state index contributed by atoms with van der Waals surface area (Å²) < 4.78 is 0. The highest BCUT2D eigenvalue weighted by atomic mass is 16.3. The lowest BCUT2D eigenvalue weighted by Gasteiger charge is -2.25. The average molecular weight is 235 g/mol. The summed E-state index contributed by atoms with van der Waals surface area (Å²) in [5.74, 6) is 0. The van der Waals surface area contributed by atoms with Crippen molar-refractivity contribution in [1.29, 1.82) is 0 Å². The van der Waals surface area contributed by atoms with Crippen LogP contribution in [0.4, 0.5) is 0 Å². The Morgan fingerprint density at radius 2 is 2.06 bits per heavy atom. The highest BCUT2D eigenvalue weighted by Gasteiger charge is 2.22. The van der Waals surface area contributed by atoms with Gasteiger partial charge in [0.15, 0.2) is 0 Å². The van der Waals surface area contributed by atoms with Crippen LogP contribution in [0.25, 0.3) is 0 Å². The summed E-state index contributed by atoms with van der Waals surface area (Å²) in [5.41, 5.74) is 1.55. The van der Waals surface area contributed by atoms with Crippen LogP contribution in [0, 0.1) is 0 Å². The molecular formula is C15H25NO. The Balaban J connectivity index is 2.67. The van der Waals surface area contributed by atoms with Gasteiger partial charge in [-0.15, -0.1) is 0 Å². The summed E-state index contributed by atoms with van der Waals surface area (Å²) in [4.78, 5) is 0. The fourth-order valence-electron chi connectivity index (χ4n) is 1.87. The number of benzene rings is 1. The van der Waals surface area contributed by atoms with Gasteiger partial charge in [-0.25, -0.2) is 0 Å². The van der Waals surface area contributed by atoms with Gasteiger partial charge in [0.25, 0.3) is 0 Å². The zero-order chi connectivity index (χ0) is 12.9. The molecule has 0 saturated carbocycles. The van der Waals surface area contributed by atoms with Gasteiger partial charge in [0, 0.05) is 6.04 Å². The van der Waals surface area contributed by atoms with Crippen molar-refractivity contribution in [2.24, 2.45) is 0 Å². The van der Waals surface area contributed by atoms with Crippen LogP contribution in [0.2, 0.25) is 0 Å². The highest BCUT2D eigenvalue weighted by molar-refractivity contribution is 5.27. The molecule has 1 aromatic carbocycles. The molecule has 0 spiro atoms. The van der Waals surface area contributed by atoms with Gasteiger partial charge in [-0.05, 0) is 37.4 Å². The molecule has 0 aliphatic carbocycles. The molecule has 2 nitrogen and oxygen atoms in total. The SMILES string of the molecule is CCc1cccc(C(C)(O)CCNC(C)C)c1. The van der Waals surface area contributed by atoms with Crippen LogP contribution in [-0.4, -0.2) is 17.7 Å². The van der Waals surface area contributed by atoms with Crippen molar-refractivity contribution in [1.82, 2.24) is 5.32 Å². The minimum atomic E-state index is -0.743. The van der Waals surface area contributed by atoms with E-state index in [0.717, 1.165) is 24.9 Å². The zero-order valence-corrected chi connectivity index (χ0v) is 11.5. The van der Waals surface area contributed by atoms with E-state index < -0.39 is 5.60 Å². The first-order valence-electron chi connectivity index (χ1n) is 6.51. The normalized spacial score (nSPS) is 14.9. The molecule has 0 aliphatic heterocycles. The van der Waals surface area contributed by atoms with E-state index in [0.29, 0.717) is 6.04 Å². The van der Waals surface area contributed by atoms with Crippen molar-refractivity contribution in [3.63, 3.8) is 0 Å². The van der Waals surface area contributed by atoms with Crippen molar-refractivity contribution in [3.8, 4) is 0 Å². The molecule has 2 heteroatoms. The van der Waals surface area contributed by atoms with Crippen LogP contribution in [0.1, 0.15) is 45.2 Å². The largest absolute Gasteiger partial charge is 0.385 e. The van der Waals surface area contributed by atoms with Crippen molar-refractivity contribution < 1.29 is 5.11 Å². The standard InChI is InChI=1S/C15H25NO/c1-5-13-7-6-8-14(11-13)15(4,17)9-10-16-12(2)3/h6-8,11-12,16-17H,5,9-10H2,1-4H3. The Bertz CT molecular complexity index is 345. The molecule has 2 N–H and O–H groups in total. The Morgan fingerprint density at radius 1 is 1.35 bits per heavy atom. The molecule has 17 heavy (non-hydrogen) atoms. The summed E-state index contributed by atoms with van der Waals surface area (Å²) in [6.45, 7) is 9.10. The Morgan fingerprint density at radius 3 is 2.65 bits per heavy atom. The van der Waals surface area contributed by atoms with Gasteiger partial charge in [0.2, 0.25) is 0 Å². The van der Waals surface area contributed by atoms with Crippen LogP contribution < -0.4 is 5.32 Å². The third-order valence-electron chi connectivity index (χ3n) is 3.12. The van der Waals surface area contributed by atoms with E-state index in [4.69, 9.17) is 0 Å². The molecule has 1 aromatic rings. The second kappa shape index (κ2) is 6.18. The van der Waals surface area contributed by atoms with E-state index in [1.165, 1.54) is 5.56 Å². The lowest BCUT2D eigenvalue weighted by atomic mass is 9.91. The Labute approximate surface area is 105 Å². The maximum Gasteiger partial charge on any atom is 0.0880 e. The van der Waals surface area contributed by atoms with Crippen LogP contribution in [0.5, 0.6) is 0 Å². The maximum absolute atomic E-state index is 10.5. The quantitative estimate of drug-likeness (QED) is 0.794. The van der Waals surface area contributed by atoms with Gasteiger partial charge in [0.05, 0.1) is 5.60 Å². The predicted molar refractivity (Wildman–Crippen MR) is 73.1 cm³/mol. The summed E-state index contributed by atoms with van der Waals surface area (Å²) in [7, 11) is 0. The number of nitrogens with one attached hydrogen (secondary N) is 1. The number of hydrogen-bond donors (Lipinski definition) is 2. The summed E-state index contributed by atoms with van der Waals surface area (Å²) in [5, 5.41) is 13.8. The molecule has 0 saturated heterocycles. The van der Waals surface area contributed by atoms with Gasteiger partial charge >= 0.3 is 0 Å². The van der Waals surface area contributed by atoms with Gasteiger partial charge in [-0.3, -0.25) is 0 Å². The molecule has 1 rings (SSSR count). The number of rotatable bonds is 6. The molecule has 0 amide bonds. The molecule has 0 aliphatic rings.